The molecule has 32 heavy (non-hydrogen) atoms. The minimum Gasteiger partial charge on any atom is -0.261 e. The van der Waals surface area contributed by atoms with Crippen LogP contribution in [0.1, 0.15) is 36.7 Å². The van der Waals surface area contributed by atoms with E-state index >= 15 is 0 Å². The number of aryl methyl sites for hydroxylation is 2. The molecule has 0 fully saturated rings. The Labute approximate surface area is 193 Å². The van der Waals surface area contributed by atoms with Crippen LogP contribution in [0.2, 0.25) is 5.15 Å². The molecule has 0 saturated heterocycles. The quantitative estimate of drug-likeness (QED) is 0.512. The molecular formula is C21H25ClN4O4S2. The second kappa shape index (κ2) is 9.30. The fourth-order valence-corrected chi connectivity index (χ4v) is 6.88. The molecule has 2 heterocycles. The molecule has 11 heteroatoms. The van der Waals surface area contributed by atoms with Gasteiger partial charge in [0.2, 0.25) is 19.9 Å². The minimum atomic E-state index is -4.09. The summed E-state index contributed by atoms with van der Waals surface area (Å²) in [5.41, 5.74) is 1.50. The van der Waals surface area contributed by atoms with Gasteiger partial charge in [-0.3, -0.25) is 9.67 Å². The SMILES string of the molecule is Cc1nn(C)c(Cl)c1S(=O)(=O)c1ccc(C(C)C)c(S(=O)(=O)NCCc2ccccn2)c1. The third kappa shape index (κ3) is 4.88. The Balaban J connectivity index is 2.00. The Bertz CT molecular complexity index is 1340. The van der Waals surface area contributed by atoms with Crippen LogP contribution in [0.5, 0.6) is 0 Å². The highest BCUT2D eigenvalue weighted by Gasteiger charge is 2.30. The molecule has 0 amide bonds. The van der Waals surface area contributed by atoms with Crippen LogP contribution in [0.4, 0.5) is 0 Å². The van der Waals surface area contributed by atoms with Crippen molar-refractivity contribution in [1.29, 1.82) is 0 Å². The van der Waals surface area contributed by atoms with E-state index in [1.165, 1.54) is 36.9 Å². The number of aromatic nitrogens is 3. The zero-order valence-corrected chi connectivity index (χ0v) is 20.6. The molecule has 0 aliphatic heterocycles. The van der Waals surface area contributed by atoms with E-state index in [4.69, 9.17) is 11.6 Å². The summed E-state index contributed by atoms with van der Waals surface area (Å²) in [6.07, 6.45) is 2.04. The van der Waals surface area contributed by atoms with Crippen LogP contribution in [-0.2, 0) is 33.3 Å². The lowest BCUT2D eigenvalue weighted by molar-refractivity contribution is 0.578. The number of sulfone groups is 1. The molecule has 3 aromatic rings. The van der Waals surface area contributed by atoms with E-state index in [1.54, 1.807) is 18.3 Å². The van der Waals surface area contributed by atoms with Crippen molar-refractivity contribution >= 4 is 31.5 Å². The van der Waals surface area contributed by atoms with Crippen LogP contribution in [-0.4, -0.2) is 38.1 Å². The highest BCUT2D eigenvalue weighted by Crippen LogP contribution is 2.33. The molecule has 0 unspecified atom stereocenters. The molecule has 0 bridgehead atoms. The smallest absolute Gasteiger partial charge is 0.240 e. The Morgan fingerprint density at radius 3 is 2.41 bits per heavy atom. The Morgan fingerprint density at radius 2 is 1.84 bits per heavy atom. The normalized spacial score (nSPS) is 12.4. The van der Waals surface area contributed by atoms with Crippen molar-refractivity contribution in [2.45, 2.75) is 47.8 Å². The highest BCUT2D eigenvalue weighted by molar-refractivity contribution is 7.92. The molecule has 0 spiro atoms. The van der Waals surface area contributed by atoms with E-state index in [1.807, 2.05) is 19.9 Å². The van der Waals surface area contributed by atoms with Crippen molar-refractivity contribution in [1.82, 2.24) is 19.5 Å². The van der Waals surface area contributed by atoms with Crippen molar-refractivity contribution in [3.05, 3.63) is 64.7 Å². The molecule has 1 N–H and O–H groups in total. The summed E-state index contributed by atoms with van der Waals surface area (Å²) in [5, 5.41) is 4.02. The van der Waals surface area contributed by atoms with Gasteiger partial charge in [-0.25, -0.2) is 21.6 Å². The third-order valence-corrected chi connectivity index (χ3v) is 8.94. The van der Waals surface area contributed by atoms with Gasteiger partial charge in [-0.15, -0.1) is 0 Å². The maximum atomic E-state index is 13.3. The van der Waals surface area contributed by atoms with Gasteiger partial charge in [0.25, 0.3) is 0 Å². The molecule has 8 nitrogen and oxygen atoms in total. The van der Waals surface area contributed by atoms with Crippen LogP contribution < -0.4 is 4.72 Å². The van der Waals surface area contributed by atoms with Crippen molar-refractivity contribution in [2.75, 3.05) is 6.54 Å². The van der Waals surface area contributed by atoms with Crippen LogP contribution in [0, 0.1) is 6.92 Å². The Kier molecular flexibility index (Phi) is 7.09. The summed E-state index contributed by atoms with van der Waals surface area (Å²) in [6.45, 7) is 5.36. The number of pyridine rings is 1. The number of hydrogen-bond acceptors (Lipinski definition) is 6. The van der Waals surface area contributed by atoms with Crippen molar-refractivity contribution < 1.29 is 16.8 Å². The minimum absolute atomic E-state index is 0.0340. The number of hydrogen-bond donors (Lipinski definition) is 1. The average Bonchev–Trinajstić information content (AvgIpc) is 3.00. The van der Waals surface area contributed by atoms with Crippen LogP contribution in [0.15, 0.2) is 57.3 Å². The summed E-state index contributed by atoms with van der Waals surface area (Å²) in [6, 6.07) is 9.54. The first kappa shape index (κ1) is 24.4. The van der Waals surface area contributed by atoms with Gasteiger partial charge in [-0.2, -0.15) is 5.10 Å². The lowest BCUT2D eigenvalue weighted by Crippen LogP contribution is -2.27. The monoisotopic (exact) mass is 496 g/mol. The summed E-state index contributed by atoms with van der Waals surface area (Å²) in [5.74, 6) is -0.141. The van der Waals surface area contributed by atoms with Gasteiger partial charge in [0.1, 0.15) is 10.0 Å². The molecule has 0 aliphatic carbocycles. The van der Waals surface area contributed by atoms with E-state index in [-0.39, 0.29) is 38.0 Å². The molecule has 0 atom stereocenters. The topological polar surface area (TPSA) is 111 Å². The van der Waals surface area contributed by atoms with Gasteiger partial charge in [0.05, 0.1) is 15.5 Å². The zero-order valence-electron chi connectivity index (χ0n) is 18.2. The fraction of sp³-hybridized carbons (Fsp3) is 0.333. The predicted molar refractivity (Wildman–Crippen MR) is 122 cm³/mol. The maximum Gasteiger partial charge on any atom is 0.240 e. The molecule has 3 rings (SSSR count). The van der Waals surface area contributed by atoms with Crippen molar-refractivity contribution in [3.63, 3.8) is 0 Å². The fourth-order valence-electron chi connectivity index (χ4n) is 3.36. The predicted octanol–water partition coefficient (Wildman–Crippen LogP) is 3.25. The highest BCUT2D eigenvalue weighted by atomic mass is 35.5. The number of benzene rings is 1. The van der Waals surface area contributed by atoms with E-state index < -0.39 is 19.9 Å². The van der Waals surface area contributed by atoms with Gasteiger partial charge >= 0.3 is 0 Å². The number of rotatable bonds is 8. The van der Waals surface area contributed by atoms with Gasteiger partial charge in [0.15, 0.2) is 0 Å². The average molecular weight is 497 g/mol. The first-order valence-electron chi connectivity index (χ1n) is 9.93. The molecule has 0 aliphatic rings. The molecule has 2 aromatic heterocycles. The Morgan fingerprint density at radius 1 is 1.12 bits per heavy atom. The number of sulfonamides is 1. The molecular weight excluding hydrogens is 472 g/mol. The van der Waals surface area contributed by atoms with Gasteiger partial charge < -0.3 is 0 Å². The van der Waals surface area contributed by atoms with E-state index in [9.17, 15) is 16.8 Å². The summed E-state index contributed by atoms with van der Waals surface area (Å²) >= 11 is 6.17. The van der Waals surface area contributed by atoms with E-state index in [2.05, 4.69) is 14.8 Å². The number of nitrogens with one attached hydrogen (secondary N) is 1. The maximum absolute atomic E-state index is 13.3. The molecule has 0 saturated carbocycles. The standard InChI is InChI=1S/C21H25ClN4O4S2/c1-14(2)18-9-8-17(31(27,28)20-15(3)25-26(4)21(20)22)13-19(18)32(29,30)24-12-10-16-7-5-6-11-23-16/h5-9,11,13-14,24H,10,12H2,1-4H3. The van der Waals surface area contributed by atoms with Crippen molar-refractivity contribution in [3.8, 4) is 0 Å². The third-order valence-electron chi connectivity index (χ3n) is 4.98. The van der Waals surface area contributed by atoms with Gasteiger partial charge in [0, 0.05) is 31.9 Å². The summed E-state index contributed by atoms with van der Waals surface area (Å²) in [4.78, 5) is 3.81. The van der Waals surface area contributed by atoms with Crippen LogP contribution in [0.3, 0.4) is 0 Å². The molecule has 0 radical (unpaired) electrons. The number of halogens is 1. The summed E-state index contributed by atoms with van der Waals surface area (Å²) < 4.78 is 56.7. The van der Waals surface area contributed by atoms with Crippen LogP contribution >= 0.6 is 11.6 Å². The van der Waals surface area contributed by atoms with E-state index in [0.717, 1.165) is 5.69 Å². The lowest BCUT2D eigenvalue weighted by atomic mass is 10.0. The Hall–Kier alpha value is -2.27. The largest absolute Gasteiger partial charge is 0.261 e. The van der Waals surface area contributed by atoms with Gasteiger partial charge in [-0.05, 0) is 42.7 Å². The zero-order chi connectivity index (χ0) is 23.7. The number of nitrogens with zero attached hydrogens (tertiary/aromatic N) is 3. The van der Waals surface area contributed by atoms with E-state index in [0.29, 0.717) is 12.0 Å². The molecule has 1 aromatic carbocycles. The molecule has 172 valence electrons. The van der Waals surface area contributed by atoms with Crippen molar-refractivity contribution in [2.24, 2.45) is 7.05 Å². The summed E-state index contributed by atoms with van der Waals surface area (Å²) in [7, 11) is -6.53. The van der Waals surface area contributed by atoms with Gasteiger partial charge in [-0.1, -0.05) is 37.6 Å². The second-order valence-electron chi connectivity index (χ2n) is 7.66. The van der Waals surface area contributed by atoms with Crippen LogP contribution in [0.25, 0.3) is 0 Å². The lowest BCUT2D eigenvalue weighted by Gasteiger charge is -2.16. The first-order valence-corrected chi connectivity index (χ1v) is 13.3. The second-order valence-corrected chi connectivity index (χ2v) is 11.6. The first-order chi connectivity index (χ1) is 14.9.